The highest BCUT2D eigenvalue weighted by atomic mass is 16.1. The molecule has 0 aliphatic carbocycles. The van der Waals surface area contributed by atoms with Crippen molar-refractivity contribution in [1.29, 1.82) is 0 Å². The van der Waals surface area contributed by atoms with Crippen LogP contribution >= 0.6 is 0 Å². The Kier molecular flexibility index (Phi) is 4.10. The third-order valence-corrected chi connectivity index (χ3v) is 4.23. The van der Waals surface area contributed by atoms with Crippen LogP contribution in [0, 0.1) is 0 Å². The molecule has 5 nitrogen and oxygen atoms in total. The first-order valence-corrected chi connectivity index (χ1v) is 7.50. The lowest BCUT2D eigenvalue weighted by molar-refractivity contribution is 0.0966. The molecule has 0 saturated carbocycles. The van der Waals surface area contributed by atoms with Gasteiger partial charge in [-0.15, -0.1) is 0 Å². The van der Waals surface area contributed by atoms with Crippen molar-refractivity contribution in [2.24, 2.45) is 0 Å². The summed E-state index contributed by atoms with van der Waals surface area (Å²) in [7, 11) is 0. The molecule has 3 rings (SSSR count). The average molecular weight is 286 g/mol. The maximum atomic E-state index is 11.7. The number of hydrogen-bond acceptors (Lipinski definition) is 4. The second-order valence-electron chi connectivity index (χ2n) is 5.51. The molecule has 112 valence electrons. The number of rotatable bonds is 5. The van der Waals surface area contributed by atoms with E-state index in [1.165, 1.54) is 0 Å². The van der Waals surface area contributed by atoms with Gasteiger partial charge in [0, 0.05) is 57.1 Å². The minimum Gasteiger partial charge on any atom is -0.390 e. The smallest absolute Gasteiger partial charge is 0.251 e. The van der Waals surface area contributed by atoms with E-state index in [2.05, 4.69) is 39.1 Å². The third-order valence-electron chi connectivity index (χ3n) is 4.23. The van der Waals surface area contributed by atoms with Gasteiger partial charge in [-0.05, 0) is 23.9 Å². The van der Waals surface area contributed by atoms with Gasteiger partial charge >= 0.3 is 0 Å². The number of fused-ring (bicyclic) bond motifs is 1. The molecule has 2 N–H and O–H groups in total. The average Bonchev–Trinajstić information content (AvgIpc) is 2.89. The predicted octanol–water partition coefficient (Wildman–Crippen LogP) is 0.785. The molecule has 1 saturated heterocycles. The van der Waals surface area contributed by atoms with Crippen molar-refractivity contribution < 1.29 is 4.79 Å². The van der Waals surface area contributed by atoms with Crippen LogP contribution in [0.2, 0.25) is 0 Å². The van der Waals surface area contributed by atoms with Crippen LogP contribution in [0.3, 0.4) is 0 Å². The summed E-state index contributed by atoms with van der Waals surface area (Å²) in [5.41, 5.74) is 3.11. The third kappa shape index (κ3) is 3.03. The standard InChI is InChI=1S/C16H22N4O/c1-2-17-5-6-19-7-9-20(10-8-19)14-4-3-13-12-18-16(21)15(13)11-14/h2-4,11,17H,1,5-10,12H2,(H,18,21). The van der Waals surface area contributed by atoms with Crippen molar-refractivity contribution in [3.63, 3.8) is 0 Å². The SMILES string of the molecule is C=CNCCN1CCN(c2ccc3c(c2)C(=O)NC3)CC1. The van der Waals surface area contributed by atoms with Crippen molar-refractivity contribution >= 4 is 11.6 Å². The number of piperazine rings is 1. The van der Waals surface area contributed by atoms with E-state index in [0.717, 1.165) is 56.1 Å². The Bertz CT molecular complexity index is 535. The van der Waals surface area contributed by atoms with E-state index in [9.17, 15) is 4.79 Å². The van der Waals surface area contributed by atoms with E-state index in [0.29, 0.717) is 6.54 Å². The number of carbonyl (C=O) groups excluding carboxylic acids is 1. The van der Waals surface area contributed by atoms with E-state index >= 15 is 0 Å². The monoisotopic (exact) mass is 286 g/mol. The molecule has 1 fully saturated rings. The van der Waals surface area contributed by atoms with Crippen LogP contribution < -0.4 is 15.5 Å². The predicted molar refractivity (Wildman–Crippen MR) is 84.5 cm³/mol. The summed E-state index contributed by atoms with van der Waals surface area (Å²) in [6, 6.07) is 6.24. The molecule has 1 aromatic rings. The summed E-state index contributed by atoms with van der Waals surface area (Å²) in [6.45, 7) is 10.5. The lowest BCUT2D eigenvalue weighted by Crippen LogP contribution is -2.48. The number of benzene rings is 1. The molecule has 0 unspecified atom stereocenters. The lowest BCUT2D eigenvalue weighted by atomic mass is 10.1. The summed E-state index contributed by atoms with van der Waals surface area (Å²) >= 11 is 0. The normalized spacial score (nSPS) is 18.3. The van der Waals surface area contributed by atoms with Crippen molar-refractivity contribution in [3.05, 3.63) is 42.1 Å². The van der Waals surface area contributed by atoms with Gasteiger partial charge in [-0.1, -0.05) is 12.6 Å². The van der Waals surface area contributed by atoms with Gasteiger partial charge in [0.25, 0.3) is 5.91 Å². The molecule has 2 aliphatic heterocycles. The summed E-state index contributed by atoms with van der Waals surface area (Å²) in [4.78, 5) is 16.6. The number of hydrogen-bond donors (Lipinski definition) is 2. The summed E-state index contributed by atoms with van der Waals surface area (Å²) in [5, 5.41) is 6.01. The first-order valence-electron chi connectivity index (χ1n) is 7.50. The van der Waals surface area contributed by atoms with Crippen LogP contribution in [-0.2, 0) is 6.54 Å². The van der Waals surface area contributed by atoms with Crippen molar-refractivity contribution in [1.82, 2.24) is 15.5 Å². The van der Waals surface area contributed by atoms with Crippen LogP contribution in [0.4, 0.5) is 5.69 Å². The topological polar surface area (TPSA) is 47.6 Å². The zero-order valence-electron chi connectivity index (χ0n) is 12.3. The van der Waals surface area contributed by atoms with E-state index in [4.69, 9.17) is 0 Å². The zero-order chi connectivity index (χ0) is 14.7. The van der Waals surface area contributed by atoms with Gasteiger partial charge in [-0.3, -0.25) is 9.69 Å². The van der Waals surface area contributed by atoms with Gasteiger partial charge in [0.1, 0.15) is 0 Å². The Balaban J connectivity index is 1.58. The van der Waals surface area contributed by atoms with Crippen LogP contribution in [0.5, 0.6) is 0 Å². The maximum absolute atomic E-state index is 11.7. The van der Waals surface area contributed by atoms with Gasteiger partial charge in [0.2, 0.25) is 0 Å². The number of amides is 1. The Morgan fingerprint density at radius 2 is 2.10 bits per heavy atom. The van der Waals surface area contributed by atoms with Gasteiger partial charge in [0.05, 0.1) is 0 Å². The Labute approximate surface area is 125 Å². The van der Waals surface area contributed by atoms with Crippen LogP contribution in [-0.4, -0.2) is 50.1 Å². The fourth-order valence-corrected chi connectivity index (χ4v) is 2.95. The van der Waals surface area contributed by atoms with Crippen molar-refractivity contribution in [3.8, 4) is 0 Å². The second-order valence-corrected chi connectivity index (χ2v) is 5.51. The fourth-order valence-electron chi connectivity index (χ4n) is 2.95. The first kappa shape index (κ1) is 13.9. The molecular formula is C16H22N4O. The molecule has 21 heavy (non-hydrogen) atoms. The number of carbonyl (C=O) groups is 1. The highest BCUT2D eigenvalue weighted by Gasteiger charge is 2.22. The number of anilines is 1. The molecule has 0 aromatic heterocycles. The van der Waals surface area contributed by atoms with E-state index in [1.807, 2.05) is 6.07 Å². The molecule has 5 heteroatoms. The van der Waals surface area contributed by atoms with Gasteiger partial charge in [-0.25, -0.2) is 0 Å². The lowest BCUT2D eigenvalue weighted by Gasteiger charge is -2.36. The zero-order valence-corrected chi connectivity index (χ0v) is 12.3. The minimum absolute atomic E-state index is 0.0565. The number of nitrogens with zero attached hydrogens (tertiary/aromatic N) is 2. The van der Waals surface area contributed by atoms with Gasteiger partial charge < -0.3 is 15.5 Å². The summed E-state index contributed by atoms with van der Waals surface area (Å²) < 4.78 is 0. The largest absolute Gasteiger partial charge is 0.390 e. The van der Waals surface area contributed by atoms with Gasteiger partial charge in [-0.2, -0.15) is 0 Å². The Morgan fingerprint density at radius 1 is 1.29 bits per heavy atom. The number of nitrogens with one attached hydrogen (secondary N) is 2. The van der Waals surface area contributed by atoms with Crippen molar-refractivity contribution in [2.75, 3.05) is 44.2 Å². The maximum Gasteiger partial charge on any atom is 0.251 e. The fraction of sp³-hybridized carbons (Fsp3) is 0.438. The van der Waals surface area contributed by atoms with E-state index < -0.39 is 0 Å². The molecular weight excluding hydrogens is 264 g/mol. The first-order chi connectivity index (χ1) is 10.3. The van der Waals surface area contributed by atoms with E-state index in [-0.39, 0.29) is 5.91 Å². The minimum atomic E-state index is 0.0565. The Morgan fingerprint density at radius 3 is 2.86 bits per heavy atom. The van der Waals surface area contributed by atoms with E-state index in [1.54, 1.807) is 6.20 Å². The highest BCUT2D eigenvalue weighted by Crippen LogP contribution is 2.23. The molecule has 0 bridgehead atoms. The quantitative estimate of drug-likeness (QED) is 0.786. The summed E-state index contributed by atoms with van der Waals surface area (Å²) in [6.07, 6.45) is 1.74. The molecule has 1 amide bonds. The second kappa shape index (κ2) is 6.18. The van der Waals surface area contributed by atoms with Crippen LogP contribution in [0.15, 0.2) is 31.0 Å². The molecule has 0 radical (unpaired) electrons. The van der Waals surface area contributed by atoms with Gasteiger partial charge in [0.15, 0.2) is 0 Å². The molecule has 0 spiro atoms. The molecule has 0 atom stereocenters. The van der Waals surface area contributed by atoms with Crippen LogP contribution in [0.25, 0.3) is 0 Å². The van der Waals surface area contributed by atoms with Crippen LogP contribution in [0.1, 0.15) is 15.9 Å². The highest BCUT2D eigenvalue weighted by molar-refractivity contribution is 5.99. The van der Waals surface area contributed by atoms with Crippen molar-refractivity contribution in [2.45, 2.75) is 6.54 Å². The Hall–Kier alpha value is -2.01. The molecule has 2 heterocycles. The molecule has 2 aliphatic rings. The summed E-state index contributed by atoms with van der Waals surface area (Å²) in [5.74, 6) is 0.0565. The molecule has 1 aromatic carbocycles.